The topological polar surface area (TPSA) is 99.0 Å². The summed E-state index contributed by atoms with van der Waals surface area (Å²) in [4.78, 5) is 16.6. The first kappa shape index (κ1) is 22.6. The van der Waals surface area contributed by atoms with Gasteiger partial charge in [-0.1, -0.05) is 41.9 Å². The summed E-state index contributed by atoms with van der Waals surface area (Å²) in [6.07, 6.45) is 1.67. The number of fused-ring (bicyclic) bond motifs is 1. The maximum Gasteiger partial charge on any atom is 0.339 e. The predicted octanol–water partition coefficient (Wildman–Crippen LogP) is 4.40. The monoisotopic (exact) mass is 485 g/mol. The van der Waals surface area contributed by atoms with Crippen molar-refractivity contribution >= 4 is 39.2 Å². The Morgan fingerprint density at radius 2 is 1.88 bits per heavy atom. The minimum Gasteiger partial charge on any atom is -0.465 e. The number of benzene rings is 2. The number of ether oxygens (including phenoxy) is 1. The zero-order valence-electron chi connectivity index (χ0n) is 17.6. The zero-order valence-corrected chi connectivity index (χ0v) is 19.1. The first-order valence-corrected chi connectivity index (χ1v) is 11.8. The van der Waals surface area contributed by atoms with Gasteiger partial charge in [-0.2, -0.15) is 8.42 Å². The van der Waals surface area contributed by atoms with Crippen molar-refractivity contribution in [3.05, 3.63) is 77.9 Å². The van der Waals surface area contributed by atoms with Crippen molar-refractivity contribution in [1.29, 1.82) is 0 Å². The lowest BCUT2D eigenvalue weighted by Crippen LogP contribution is -2.17. The van der Waals surface area contributed by atoms with Gasteiger partial charge in [-0.3, -0.25) is 9.20 Å². The average molecular weight is 486 g/mol. The van der Waals surface area contributed by atoms with Crippen LogP contribution >= 0.6 is 11.6 Å². The summed E-state index contributed by atoms with van der Waals surface area (Å²) < 4.78 is 37.3. The second-order valence-electron chi connectivity index (χ2n) is 6.92. The average Bonchev–Trinajstić information content (AvgIpc) is 3.16. The number of imidazole rings is 1. The van der Waals surface area contributed by atoms with Gasteiger partial charge in [-0.05, 0) is 43.3 Å². The van der Waals surface area contributed by atoms with Crippen LogP contribution in [-0.2, 0) is 19.6 Å². The largest absolute Gasteiger partial charge is 0.465 e. The molecule has 0 spiro atoms. The van der Waals surface area contributed by atoms with E-state index in [-0.39, 0.29) is 23.8 Å². The van der Waals surface area contributed by atoms with Gasteiger partial charge in [0.2, 0.25) is 0 Å². The quantitative estimate of drug-likeness (QED) is 0.292. The normalized spacial score (nSPS) is 11.3. The van der Waals surface area contributed by atoms with Crippen LogP contribution in [0, 0.1) is 0 Å². The van der Waals surface area contributed by atoms with E-state index in [1.165, 1.54) is 12.1 Å². The summed E-state index contributed by atoms with van der Waals surface area (Å²) >= 11 is 6.16. The maximum atomic E-state index is 12.6. The van der Waals surface area contributed by atoms with Crippen LogP contribution in [0.2, 0.25) is 5.02 Å². The molecule has 33 heavy (non-hydrogen) atoms. The van der Waals surface area contributed by atoms with Crippen LogP contribution in [0.25, 0.3) is 16.9 Å². The summed E-state index contributed by atoms with van der Waals surface area (Å²) in [5.41, 5.74) is 1.66. The highest BCUT2D eigenvalue weighted by atomic mass is 35.5. The Morgan fingerprint density at radius 3 is 2.64 bits per heavy atom. The van der Waals surface area contributed by atoms with Gasteiger partial charge < -0.3 is 14.2 Å². The summed E-state index contributed by atoms with van der Waals surface area (Å²) in [5, 5.41) is 3.53. The fourth-order valence-corrected chi connectivity index (χ4v) is 4.32. The van der Waals surface area contributed by atoms with Crippen LogP contribution in [0.1, 0.15) is 6.92 Å². The minimum absolute atomic E-state index is 0.0505. The highest BCUT2D eigenvalue weighted by molar-refractivity contribution is 7.87. The Hall–Kier alpha value is -3.56. The molecular weight excluding hydrogens is 466 g/mol. The maximum absolute atomic E-state index is 12.6. The number of anilines is 1. The highest BCUT2D eigenvalue weighted by Crippen LogP contribution is 2.32. The predicted molar refractivity (Wildman–Crippen MR) is 125 cm³/mol. The molecule has 0 radical (unpaired) electrons. The van der Waals surface area contributed by atoms with Gasteiger partial charge >= 0.3 is 16.1 Å². The molecule has 170 valence electrons. The van der Waals surface area contributed by atoms with Crippen molar-refractivity contribution in [1.82, 2.24) is 9.38 Å². The lowest BCUT2D eigenvalue weighted by atomic mass is 10.1. The van der Waals surface area contributed by atoms with Gasteiger partial charge in [0.25, 0.3) is 0 Å². The van der Waals surface area contributed by atoms with Crippen molar-refractivity contribution < 1.29 is 22.1 Å². The molecule has 0 aliphatic carbocycles. The minimum atomic E-state index is -4.00. The number of halogens is 1. The first-order chi connectivity index (χ1) is 15.9. The smallest absolute Gasteiger partial charge is 0.339 e. The van der Waals surface area contributed by atoms with E-state index in [4.69, 9.17) is 20.5 Å². The second kappa shape index (κ2) is 9.51. The lowest BCUT2D eigenvalue weighted by Gasteiger charge is -2.10. The molecule has 10 heteroatoms. The van der Waals surface area contributed by atoms with Crippen LogP contribution in [-0.4, -0.2) is 36.9 Å². The standard InChI is InChI=1S/C23H20ClN3O5S/c1-2-31-21(28)14-25-23-22(26-20-12-11-17(24)15-27(20)23)16-7-6-8-18(13-16)32-33(29,30)19-9-4-3-5-10-19/h3-13,15,25H,2,14H2,1H3. The molecule has 0 aliphatic rings. The van der Waals surface area contributed by atoms with E-state index in [0.29, 0.717) is 27.7 Å². The van der Waals surface area contributed by atoms with E-state index >= 15 is 0 Å². The lowest BCUT2D eigenvalue weighted by molar-refractivity contribution is -0.140. The Labute approximate surface area is 195 Å². The summed E-state index contributed by atoms with van der Waals surface area (Å²) in [6, 6.07) is 17.9. The van der Waals surface area contributed by atoms with Crippen LogP contribution in [0.4, 0.5) is 5.82 Å². The van der Waals surface area contributed by atoms with Gasteiger partial charge in [0.15, 0.2) is 0 Å². The molecule has 2 aromatic carbocycles. The number of carbonyl (C=O) groups is 1. The number of esters is 1. The SMILES string of the molecule is CCOC(=O)CNc1c(-c2cccc(OS(=O)(=O)c3ccccc3)c2)nc2ccc(Cl)cn12. The second-order valence-corrected chi connectivity index (χ2v) is 8.90. The number of aromatic nitrogens is 2. The molecule has 4 aromatic rings. The fourth-order valence-electron chi connectivity index (χ4n) is 3.21. The Bertz CT molecular complexity index is 1400. The number of carbonyl (C=O) groups excluding carboxylic acids is 1. The van der Waals surface area contributed by atoms with Gasteiger partial charge in [-0.15, -0.1) is 0 Å². The van der Waals surface area contributed by atoms with E-state index in [1.54, 1.807) is 72.1 Å². The van der Waals surface area contributed by atoms with E-state index in [1.807, 2.05) is 0 Å². The number of pyridine rings is 1. The number of hydrogen-bond acceptors (Lipinski definition) is 7. The summed E-state index contributed by atoms with van der Waals surface area (Å²) in [6.45, 7) is 1.91. The molecule has 2 heterocycles. The van der Waals surface area contributed by atoms with Crippen molar-refractivity contribution in [2.45, 2.75) is 11.8 Å². The van der Waals surface area contributed by atoms with Crippen LogP contribution in [0.5, 0.6) is 5.75 Å². The molecule has 0 amide bonds. The number of hydrogen-bond donors (Lipinski definition) is 1. The van der Waals surface area contributed by atoms with Gasteiger partial charge in [0.1, 0.15) is 34.3 Å². The number of rotatable bonds is 8. The van der Waals surface area contributed by atoms with E-state index in [0.717, 1.165) is 0 Å². The third kappa shape index (κ3) is 5.10. The van der Waals surface area contributed by atoms with E-state index < -0.39 is 16.1 Å². The molecule has 0 saturated carbocycles. The van der Waals surface area contributed by atoms with Crippen molar-refractivity contribution in [3.8, 4) is 17.0 Å². The molecule has 0 saturated heterocycles. The van der Waals surface area contributed by atoms with Crippen LogP contribution < -0.4 is 9.50 Å². The Balaban J connectivity index is 1.71. The van der Waals surface area contributed by atoms with E-state index in [9.17, 15) is 13.2 Å². The van der Waals surface area contributed by atoms with Crippen molar-refractivity contribution in [3.63, 3.8) is 0 Å². The van der Waals surface area contributed by atoms with Gasteiger partial charge in [0, 0.05) is 11.8 Å². The highest BCUT2D eigenvalue weighted by Gasteiger charge is 2.19. The molecule has 0 atom stereocenters. The molecule has 1 N–H and O–H groups in total. The van der Waals surface area contributed by atoms with Crippen LogP contribution in [0.3, 0.4) is 0 Å². The molecule has 0 aliphatic heterocycles. The third-order valence-electron chi connectivity index (χ3n) is 4.63. The van der Waals surface area contributed by atoms with Crippen molar-refractivity contribution in [2.75, 3.05) is 18.5 Å². The first-order valence-electron chi connectivity index (χ1n) is 10.0. The summed E-state index contributed by atoms with van der Waals surface area (Å²) in [7, 11) is -4.00. The van der Waals surface area contributed by atoms with E-state index in [2.05, 4.69) is 10.3 Å². The molecule has 2 aromatic heterocycles. The number of nitrogens with one attached hydrogen (secondary N) is 1. The molecule has 4 rings (SSSR count). The molecule has 0 bridgehead atoms. The van der Waals surface area contributed by atoms with Crippen LogP contribution in [0.15, 0.2) is 77.8 Å². The molecular formula is C23H20ClN3O5S. The summed E-state index contributed by atoms with van der Waals surface area (Å²) in [5.74, 6) is 0.206. The molecule has 0 unspecified atom stereocenters. The third-order valence-corrected chi connectivity index (χ3v) is 6.12. The molecule has 0 fully saturated rings. The molecule has 8 nitrogen and oxygen atoms in total. The fraction of sp³-hybridized carbons (Fsp3) is 0.130. The Morgan fingerprint density at radius 1 is 1.09 bits per heavy atom. The zero-order chi connectivity index (χ0) is 23.4. The Kier molecular flexibility index (Phi) is 6.52. The van der Waals surface area contributed by atoms with Gasteiger partial charge in [-0.25, -0.2) is 4.98 Å². The number of nitrogens with zero attached hydrogens (tertiary/aromatic N) is 2. The van der Waals surface area contributed by atoms with Gasteiger partial charge in [0.05, 0.1) is 11.6 Å². The van der Waals surface area contributed by atoms with Crippen molar-refractivity contribution in [2.24, 2.45) is 0 Å².